The summed E-state index contributed by atoms with van der Waals surface area (Å²) < 4.78 is 3.68. The van der Waals surface area contributed by atoms with E-state index in [-0.39, 0.29) is 17.9 Å². The molecule has 0 saturated carbocycles. The molecule has 0 aliphatic carbocycles. The van der Waals surface area contributed by atoms with Gasteiger partial charge >= 0.3 is 0 Å². The van der Waals surface area contributed by atoms with Crippen molar-refractivity contribution in [2.75, 3.05) is 13.1 Å². The Balaban J connectivity index is 1.52. The molecule has 0 spiro atoms. The van der Waals surface area contributed by atoms with Crippen LogP contribution < -0.4 is 5.32 Å². The number of hydrogen-bond acceptors (Lipinski definition) is 5. The minimum atomic E-state index is -0.136. The number of piperidine rings is 1. The van der Waals surface area contributed by atoms with Crippen molar-refractivity contribution in [3.63, 3.8) is 0 Å². The number of nitrogens with zero attached hydrogens (tertiary/aromatic N) is 3. The van der Waals surface area contributed by atoms with Crippen LogP contribution >= 0.6 is 11.5 Å². The van der Waals surface area contributed by atoms with Gasteiger partial charge in [-0.1, -0.05) is 22.7 Å². The van der Waals surface area contributed by atoms with Crippen LogP contribution in [-0.4, -0.2) is 45.4 Å². The molecule has 22 heavy (non-hydrogen) atoms. The van der Waals surface area contributed by atoms with E-state index >= 15 is 0 Å². The average molecular weight is 316 g/mol. The van der Waals surface area contributed by atoms with Crippen LogP contribution in [0.1, 0.15) is 32.9 Å². The summed E-state index contributed by atoms with van der Waals surface area (Å²) in [5.41, 5.74) is 0.709. The number of amides is 2. The monoisotopic (exact) mass is 316 g/mol. The molecule has 3 rings (SSSR count). The maximum Gasteiger partial charge on any atom is 0.264 e. The van der Waals surface area contributed by atoms with E-state index in [0.717, 1.165) is 24.4 Å². The summed E-state index contributed by atoms with van der Waals surface area (Å²) in [4.78, 5) is 26.6. The number of carbonyl (C=O) groups is 2. The summed E-state index contributed by atoms with van der Waals surface area (Å²) in [5, 5.41) is 6.63. The molecule has 0 unspecified atom stereocenters. The summed E-state index contributed by atoms with van der Waals surface area (Å²) in [6.45, 7) is 1.30. The summed E-state index contributed by atoms with van der Waals surface area (Å²) in [5.74, 6) is -0.0835. The molecule has 0 radical (unpaired) electrons. The van der Waals surface area contributed by atoms with E-state index in [4.69, 9.17) is 0 Å². The van der Waals surface area contributed by atoms with Crippen molar-refractivity contribution in [3.8, 4) is 0 Å². The van der Waals surface area contributed by atoms with Crippen LogP contribution in [0.2, 0.25) is 0 Å². The molecule has 1 aliphatic heterocycles. The zero-order chi connectivity index (χ0) is 15.4. The smallest absolute Gasteiger partial charge is 0.264 e. The second-order valence-electron chi connectivity index (χ2n) is 5.19. The van der Waals surface area contributed by atoms with Gasteiger partial charge in [0.2, 0.25) is 0 Å². The van der Waals surface area contributed by atoms with Crippen molar-refractivity contribution in [1.82, 2.24) is 19.8 Å². The number of benzene rings is 1. The highest BCUT2D eigenvalue weighted by Crippen LogP contribution is 2.15. The minimum absolute atomic E-state index is 0.0528. The third-order valence-corrected chi connectivity index (χ3v) is 4.39. The highest BCUT2D eigenvalue weighted by molar-refractivity contribution is 7.07. The van der Waals surface area contributed by atoms with Crippen LogP contribution in [0.3, 0.4) is 0 Å². The van der Waals surface area contributed by atoms with Crippen molar-refractivity contribution < 1.29 is 9.59 Å². The number of carbonyl (C=O) groups excluding carboxylic acids is 2. The van der Waals surface area contributed by atoms with Gasteiger partial charge in [0.05, 0.1) is 6.20 Å². The summed E-state index contributed by atoms with van der Waals surface area (Å²) in [6, 6.07) is 9.37. The van der Waals surface area contributed by atoms with E-state index < -0.39 is 0 Å². The van der Waals surface area contributed by atoms with E-state index in [2.05, 4.69) is 14.9 Å². The molecular weight excluding hydrogens is 300 g/mol. The lowest BCUT2D eigenvalue weighted by atomic mass is 10.0. The largest absolute Gasteiger partial charge is 0.348 e. The lowest BCUT2D eigenvalue weighted by Gasteiger charge is -2.32. The Labute approximate surface area is 132 Å². The third kappa shape index (κ3) is 3.30. The Morgan fingerprint density at radius 2 is 1.91 bits per heavy atom. The maximum atomic E-state index is 12.3. The predicted molar refractivity (Wildman–Crippen MR) is 82.7 cm³/mol. The molecule has 0 atom stereocenters. The minimum Gasteiger partial charge on any atom is -0.348 e. The fraction of sp³-hybridized carbons (Fsp3) is 0.333. The van der Waals surface area contributed by atoms with Crippen LogP contribution in [0.5, 0.6) is 0 Å². The van der Waals surface area contributed by atoms with Crippen molar-refractivity contribution in [1.29, 1.82) is 0 Å². The van der Waals surface area contributed by atoms with E-state index in [1.54, 1.807) is 0 Å². The summed E-state index contributed by atoms with van der Waals surface area (Å²) >= 11 is 1.08. The zero-order valence-electron chi connectivity index (χ0n) is 11.9. The second kappa shape index (κ2) is 6.65. The first kappa shape index (κ1) is 14.6. The number of hydrogen-bond donors (Lipinski definition) is 1. The van der Waals surface area contributed by atoms with Gasteiger partial charge in [-0.25, -0.2) is 0 Å². The van der Waals surface area contributed by atoms with Crippen molar-refractivity contribution in [3.05, 3.63) is 47.0 Å². The fourth-order valence-electron chi connectivity index (χ4n) is 2.51. The van der Waals surface area contributed by atoms with Crippen molar-refractivity contribution >= 4 is 23.3 Å². The number of likely N-dealkylation sites (tertiary alicyclic amines) is 1. The predicted octanol–water partition coefficient (Wildman–Crippen LogP) is 1.57. The zero-order valence-corrected chi connectivity index (χ0v) is 12.8. The SMILES string of the molecule is O=C(NC1CCN(C(=O)c2ccccc2)CC1)c1cnns1. The van der Waals surface area contributed by atoms with Gasteiger partial charge in [-0.15, -0.1) is 5.10 Å². The highest BCUT2D eigenvalue weighted by Gasteiger charge is 2.25. The molecule has 1 fully saturated rings. The first-order valence-electron chi connectivity index (χ1n) is 7.16. The van der Waals surface area contributed by atoms with Gasteiger partial charge in [0.1, 0.15) is 4.88 Å². The number of rotatable bonds is 3. The molecule has 0 bridgehead atoms. The van der Waals surface area contributed by atoms with Gasteiger partial charge in [0.25, 0.3) is 11.8 Å². The van der Waals surface area contributed by atoms with Gasteiger partial charge in [0.15, 0.2) is 0 Å². The summed E-state index contributed by atoms with van der Waals surface area (Å²) in [6.07, 6.45) is 2.99. The Morgan fingerprint density at radius 3 is 2.55 bits per heavy atom. The van der Waals surface area contributed by atoms with Crippen molar-refractivity contribution in [2.45, 2.75) is 18.9 Å². The second-order valence-corrected chi connectivity index (χ2v) is 5.97. The van der Waals surface area contributed by atoms with Gasteiger partial charge < -0.3 is 10.2 Å². The highest BCUT2D eigenvalue weighted by atomic mass is 32.1. The molecule has 1 aromatic carbocycles. The molecule has 6 nitrogen and oxygen atoms in total. The Bertz CT molecular complexity index is 637. The Hall–Kier alpha value is -2.28. The molecule has 1 saturated heterocycles. The molecule has 2 aromatic rings. The molecule has 114 valence electrons. The molecule has 7 heteroatoms. The van der Waals surface area contributed by atoms with Crippen molar-refractivity contribution in [2.24, 2.45) is 0 Å². The average Bonchev–Trinajstić information content (AvgIpc) is 3.10. The molecule has 2 heterocycles. The van der Waals surface area contributed by atoms with Gasteiger partial charge in [-0.05, 0) is 36.5 Å². The molecule has 1 aromatic heterocycles. The van der Waals surface area contributed by atoms with Gasteiger partial charge in [-0.3, -0.25) is 9.59 Å². The molecule has 2 amide bonds. The lowest BCUT2D eigenvalue weighted by Crippen LogP contribution is -2.46. The van der Waals surface area contributed by atoms with Gasteiger partial charge in [-0.2, -0.15) is 0 Å². The number of nitrogens with one attached hydrogen (secondary N) is 1. The van der Waals surface area contributed by atoms with Crippen LogP contribution in [-0.2, 0) is 0 Å². The Morgan fingerprint density at radius 1 is 1.18 bits per heavy atom. The normalized spacial score (nSPS) is 15.5. The Kier molecular flexibility index (Phi) is 4.43. The van der Waals surface area contributed by atoms with E-state index in [1.165, 1.54) is 6.20 Å². The van der Waals surface area contributed by atoms with E-state index in [1.807, 2.05) is 35.2 Å². The molecule has 1 aliphatic rings. The lowest BCUT2D eigenvalue weighted by molar-refractivity contribution is 0.0698. The quantitative estimate of drug-likeness (QED) is 0.933. The molecular formula is C15H16N4O2S. The van der Waals surface area contributed by atoms with E-state index in [9.17, 15) is 9.59 Å². The van der Waals surface area contributed by atoms with Crippen LogP contribution in [0.15, 0.2) is 36.5 Å². The number of aromatic nitrogens is 2. The van der Waals surface area contributed by atoms with Crippen LogP contribution in [0.4, 0.5) is 0 Å². The topological polar surface area (TPSA) is 75.2 Å². The standard InChI is InChI=1S/C15H16N4O2S/c20-14(13-10-16-18-22-13)17-12-6-8-19(9-7-12)15(21)11-4-2-1-3-5-11/h1-5,10,12H,6-9H2,(H,17,20). The summed E-state index contributed by atoms with van der Waals surface area (Å²) in [7, 11) is 0. The van der Waals surface area contributed by atoms with Crippen LogP contribution in [0, 0.1) is 0 Å². The molecule has 1 N–H and O–H groups in total. The van der Waals surface area contributed by atoms with E-state index in [0.29, 0.717) is 23.5 Å². The first-order valence-corrected chi connectivity index (χ1v) is 7.94. The first-order chi connectivity index (χ1) is 10.7. The van der Waals surface area contributed by atoms with Crippen LogP contribution in [0.25, 0.3) is 0 Å². The fourth-order valence-corrected chi connectivity index (χ4v) is 2.93. The third-order valence-electron chi connectivity index (χ3n) is 3.72. The maximum absolute atomic E-state index is 12.3. The van der Waals surface area contributed by atoms with Gasteiger partial charge in [0, 0.05) is 24.7 Å².